The molecule has 1 aromatic carbocycles. The van der Waals surface area contributed by atoms with Gasteiger partial charge in [-0.1, -0.05) is 18.7 Å². The molecule has 0 spiro atoms. The van der Waals surface area contributed by atoms with E-state index in [1.165, 1.54) is 6.33 Å². The number of fused-ring (bicyclic) bond motifs is 1. The topological polar surface area (TPSA) is 74.2 Å². The van der Waals surface area contributed by atoms with Gasteiger partial charge in [0.2, 0.25) is 0 Å². The average Bonchev–Trinajstić information content (AvgIpc) is 2.94. The molecule has 5 heteroatoms. The van der Waals surface area contributed by atoms with Gasteiger partial charge in [-0.2, -0.15) is 10.4 Å². The van der Waals surface area contributed by atoms with Gasteiger partial charge in [0.1, 0.15) is 12.1 Å². The first-order valence-electron chi connectivity index (χ1n) is 5.91. The van der Waals surface area contributed by atoms with Crippen molar-refractivity contribution >= 4 is 11.4 Å². The smallest absolute Gasteiger partial charge is 0.156 e. The molecule has 0 saturated carbocycles. The van der Waals surface area contributed by atoms with Gasteiger partial charge in [0.25, 0.3) is 0 Å². The molecule has 2 heterocycles. The normalized spacial score (nSPS) is 10.3. The van der Waals surface area contributed by atoms with E-state index in [0.717, 1.165) is 11.3 Å². The van der Waals surface area contributed by atoms with Crippen LogP contribution in [0.5, 0.6) is 0 Å². The number of aliphatic hydroxyl groups is 1. The zero-order chi connectivity index (χ0) is 14.1. The van der Waals surface area contributed by atoms with Crippen LogP contribution in [-0.2, 0) is 0 Å². The lowest BCUT2D eigenvalue weighted by Crippen LogP contribution is -1.96. The van der Waals surface area contributed by atoms with Crippen LogP contribution in [0.2, 0.25) is 0 Å². The van der Waals surface area contributed by atoms with Crippen LogP contribution >= 0.6 is 0 Å². The van der Waals surface area contributed by atoms with Crippen molar-refractivity contribution in [1.29, 1.82) is 5.26 Å². The fourth-order valence-corrected chi connectivity index (χ4v) is 2.01. The highest BCUT2D eigenvalue weighted by Gasteiger charge is 2.09. The Morgan fingerprint density at radius 2 is 2.00 bits per heavy atom. The zero-order valence-corrected chi connectivity index (χ0v) is 10.5. The van der Waals surface area contributed by atoms with E-state index in [2.05, 4.69) is 22.7 Å². The fraction of sp³-hybridized carbons (Fsp3) is 0. The van der Waals surface area contributed by atoms with Crippen molar-refractivity contribution in [3.05, 3.63) is 60.4 Å². The standard InChI is InChI=1S/C15H10N4O/c1-10(20)13-6-14(19-15(7-13)17-9-18-19)12-4-2-11(8-16)3-5-12/h2-7,9,20H,1H2. The fourth-order valence-electron chi connectivity index (χ4n) is 2.01. The molecule has 0 unspecified atom stereocenters. The van der Waals surface area contributed by atoms with Gasteiger partial charge in [-0.05, 0) is 24.3 Å². The molecule has 2 aromatic heterocycles. The van der Waals surface area contributed by atoms with E-state index >= 15 is 0 Å². The van der Waals surface area contributed by atoms with E-state index in [1.807, 2.05) is 12.1 Å². The summed E-state index contributed by atoms with van der Waals surface area (Å²) < 4.78 is 1.67. The van der Waals surface area contributed by atoms with E-state index < -0.39 is 0 Å². The third-order valence-electron chi connectivity index (χ3n) is 3.02. The van der Waals surface area contributed by atoms with Gasteiger partial charge >= 0.3 is 0 Å². The number of aliphatic hydroxyl groups excluding tert-OH is 1. The van der Waals surface area contributed by atoms with Crippen LogP contribution in [0, 0.1) is 11.3 Å². The highest BCUT2D eigenvalue weighted by molar-refractivity contribution is 5.70. The molecule has 0 aliphatic carbocycles. The monoisotopic (exact) mass is 262 g/mol. The Morgan fingerprint density at radius 1 is 1.25 bits per heavy atom. The van der Waals surface area contributed by atoms with E-state index in [9.17, 15) is 5.11 Å². The van der Waals surface area contributed by atoms with Gasteiger partial charge in [0, 0.05) is 11.1 Å². The van der Waals surface area contributed by atoms with Crippen LogP contribution in [0.4, 0.5) is 0 Å². The predicted octanol–water partition coefficient (Wildman–Crippen LogP) is 2.80. The van der Waals surface area contributed by atoms with Gasteiger partial charge in [-0.3, -0.25) is 0 Å². The molecule has 0 aliphatic heterocycles. The van der Waals surface area contributed by atoms with Crippen molar-refractivity contribution in [3.8, 4) is 17.3 Å². The Labute approximate surface area is 115 Å². The van der Waals surface area contributed by atoms with E-state index in [-0.39, 0.29) is 5.76 Å². The molecule has 1 N–H and O–H groups in total. The molecular weight excluding hydrogens is 252 g/mol. The Kier molecular flexibility index (Phi) is 2.70. The van der Waals surface area contributed by atoms with Crippen molar-refractivity contribution in [1.82, 2.24) is 14.6 Å². The summed E-state index contributed by atoms with van der Waals surface area (Å²) in [5.41, 5.74) is 3.45. The molecular formula is C15H10N4O. The molecule has 0 amide bonds. The Hall–Kier alpha value is -3.13. The first-order chi connectivity index (χ1) is 9.69. The van der Waals surface area contributed by atoms with E-state index in [4.69, 9.17) is 5.26 Å². The number of nitriles is 1. The summed E-state index contributed by atoms with van der Waals surface area (Å²) in [4.78, 5) is 4.13. The summed E-state index contributed by atoms with van der Waals surface area (Å²) in [6.45, 7) is 3.53. The van der Waals surface area contributed by atoms with Crippen molar-refractivity contribution in [2.45, 2.75) is 0 Å². The maximum atomic E-state index is 9.58. The second-order valence-corrected chi connectivity index (χ2v) is 4.30. The third kappa shape index (κ3) is 1.89. The van der Waals surface area contributed by atoms with E-state index in [1.54, 1.807) is 28.8 Å². The van der Waals surface area contributed by atoms with Crippen LogP contribution in [0.25, 0.3) is 22.7 Å². The van der Waals surface area contributed by atoms with Crippen molar-refractivity contribution in [3.63, 3.8) is 0 Å². The lowest BCUT2D eigenvalue weighted by molar-refractivity contribution is 0.514. The predicted molar refractivity (Wildman–Crippen MR) is 74.8 cm³/mol. The maximum absolute atomic E-state index is 9.58. The van der Waals surface area contributed by atoms with Crippen molar-refractivity contribution in [2.24, 2.45) is 0 Å². The highest BCUT2D eigenvalue weighted by atomic mass is 16.3. The SMILES string of the molecule is C=C(O)c1cc(-c2ccc(C#N)cc2)n2ncnc2c1. The van der Waals surface area contributed by atoms with Crippen molar-refractivity contribution < 1.29 is 5.11 Å². The molecule has 0 radical (unpaired) electrons. The Balaban J connectivity index is 2.25. The first kappa shape index (κ1) is 11.9. The molecule has 0 bridgehead atoms. The Bertz CT molecular complexity index is 840. The number of rotatable bonds is 2. The minimum atomic E-state index is -0.0228. The van der Waals surface area contributed by atoms with Crippen LogP contribution < -0.4 is 0 Å². The summed E-state index contributed by atoms with van der Waals surface area (Å²) in [7, 11) is 0. The maximum Gasteiger partial charge on any atom is 0.156 e. The number of benzene rings is 1. The van der Waals surface area contributed by atoms with Crippen molar-refractivity contribution in [2.75, 3.05) is 0 Å². The lowest BCUT2D eigenvalue weighted by atomic mass is 10.1. The molecule has 0 saturated heterocycles. The van der Waals surface area contributed by atoms with Gasteiger partial charge in [-0.15, -0.1) is 0 Å². The Morgan fingerprint density at radius 3 is 2.65 bits per heavy atom. The second kappa shape index (κ2) is 4.52. The third-order valence-corrected chi connectivity index (χ3v) is 3.02. The number of aromatic nitrogens is 3. The molecule has 0 fully saturated rings. The molecule has 0 aliphatic rings. The molecule has 5 nitrogen and oxygen atoms in total. The summed E-state index contributed by atoms with van der Waals surface area (Å²) in [6, 6.07) is 12.7. The molecule has 3 rings (SSSR count). The molecule has 3 aromatic rings. The quantitative estimate of drug-likeness (QED) is 0.720. The van der Waals surface area contributed by atoms with Gasteiger partial charge in [-0.25, -0.2) is 9.50 Å². The second-order valence-electron chi connectivity index (χ2n) is 4.30. The molecule has 96 valence electrons. The van der Waals surface area contributed by atoms with Gasteiger partial charge in [0.05, 0.1) is 17.3 Å². The summed E-state index contributed by atoms with van der Waals surface area (Å²) in [5.74, 6) is -0.0228. The van der Waals surface area contributed by atoms with Crippen LogP contribution in [0.1, 0.15) is 11.1 Å². The van der Waals surface area contributed by atoms with Gasteiger partial charge < -0.3 is 5.11 Å². The molecule has 0 atom stereocenters. The minimum absolute atomic E-state index is 0.0228. The van der Waals surface area contributed by atoms with E-state index in [0.29, 0.717) is 16.8 Å². The number of hydrogen-bond acceptors (Lipinski definition) is 4. The van der Waals surface area contributed by atoms with Gasteiger partial charge in [0.15, 0.2) is 5.65 Å². The average molecular weight is 262 g/mol. The number of nitrogens with zero attached hydrogens (tertiary/aromatic N) is 4. The largest absolute Gasteiger partial charge is 0.508 e. The van der Waals surface area contributed by atoms with Crippen LogP contribution in [0.3, 0.4) is 0 Å². The number of pyridine rings is 1. The summed E-state index contributed by atoms with van der Waals surface area (Å²) in [5, 5.41) is 22.6. The molecule has 20 heavy (non-hydrogen) atoms. The van der Waals surface area contributed by atoms with Crippen LogP contribution in [-0.4, -0.2) is 19.7 Å². The number of hydrogen-bond donors (Lipinski definition) is 1. The zero-order valence-electron chi connectivity index (χ0n) is 10.5. The first-order valence-corrected chi connectivity index (χ1v) is 5.91. The highest BCUT2D eigenvalue weighted by Crippen LogP contribution is 2.24. The lowest BCUT2D eigenvalue weighted by Gasteiger charge is -2.07. The summed E-state index contributed by atoms with van der Waals surface area (Å²) in [6.07, 6.45) is 1.45. The summed E-state index contributed by atoms with van der Waals surface area (Å²) >= 11 is 0. The minimum Gasteiger partial charge on any atom is -0.508 e. The van der Waals surface area contributed by atoms with Crippen LogP contribution in [0.15, 0.2) is 49.3 Å².